The number of methoxy groups -OCH3 is 2. The van der Waals surface area contributed by atoms with Crippen molar-refractivity contribution in [2.24, 2.45) is 0 Å². The molecule has 0 heterocycles. The van der Waals surface area contributed by atoms with Crippen LogP contribution in [0, 0.1) is 0 Å². The zero-order valence-corrected chi connectivity index (χ0v) is 8.63. The molecule has 3 heteroatoms. The maximum Gasteiger partial charge on any atom is 0.0606 e. The van der Waals surface area contributed by atoms with Crippen LogP contribution in [0.3, 0.4) is 0 Å². The fraction of sp³-hybridized carbons (Fsp3) is 1.00. The smallest absolute Gasteiger partial charge is 0.0606 e. The minimum Gasteiger partial charge on any atom is -0.381 e. The Balaban J connectivity index is 2.37. The number of alkyl halides is 1. The van der Waals surface area contributed by atoms with Crippen molar-refractivity contribution in [2.45, 2.75) is 36.3 Å². The van der Waals surface area contributed by atoms with Crippen LogP contribution in [0.2, 0.25) is 0 Å². The molecule has 3 atom stereocenters. The molecular formula is C8H15BrO2. The Morgan fingerprint density at radius 3 is 1.82 bits per heavy atom. The van der Waals surface area contributed by atoms with Gasteiger partial charge in [0, 0.05) is 19.0 Å². The van der Waals surface area contributed by atoms with Crippen LogP contribution < -0.4 is 0 Å². The molecule has 1 aliphatic rings. The van der Waals surface area contributed by atoms with Crippen molar-refractivity contribution in [1.29, 1.82) is 0 Å². The van der Waals surface area contributed by atoms with E-state index in [1.165, 1.54) is 0 Å². The highest BCUT2D eigenvalue weighted by Gasteiger charge is 2.26. The number of halogens is 1. The monoisotopic (exact) mass is 222 g/mol. The van der Waals surface area contributed by atoms with E-state index < -0.39 is 0 Å². The molecule has 1 rings (SSSR count). The van der Waals surface area contributed by atoms with Gasteiger partial charge in [-0.1, -0.05) is 15.9 Å². The third-order valence-corrected chi connectivity index (χ3v) is 2.98. The van der Waals surface area contributed by atoms with Gasteiger partial charge in [0.05, 0.1) is 12.2 Å². The maximum atomic E-state index is 5.28. The molecule has 2 nitrogen and oxygen atoms in total. The molecule has 1 aliphatic carbocycles. The van der Waals surface area contributed by atoms with Crippen molar-refractivity contribution in [2.75, 3.05) is 14.2 Å². The van der Waals surface area contributed by atoms with E-state index in [0.29, 0.717) is 17.0 Å². The summed E-state index contributed by atoms with van der Waals surface area (Å²) in [5.74, 6) is 0. The average molecular weight is 223 g/mol. The van der Waals surface area contributed by atoms with Crippen LogP contribution in [0.4, 0.5) is 0 Å². The lowest BCUT2D eigenvalue weighted by Crippen LogP contribution is -2.32. The Morgan fingerprint density at radius 2 is 1.45 bits per heavy atom. The second-order valence-corrected chi connectivity index (χ2v) is 4.31. The molecule has 1 unspecified atom stereocenters. The molecule has 0 saturated heterocycles. The lowest BCUT2D eigenvalue weighted by atomic mass is 9.95. The minimum atomic E-state index is 0.373. The fourth-order valence-corrected chi connectivity index (χ4v) is 2.37. The van der Waals surface area contributed by atoms with Gasteiger partial charge in [-0.2, -0.15) is 0 Å². The molecule has 0 aromatic heterocycles. The van der Waals surface area contributed by atoms with Crippen molar-refractivity contribution < 1.29 is 9.47 Å². The Hall–Kier alpha value is 0.400. The second-order valence-electron chi connectivity index (χ2n) is 3.02. The third-order valence-electron chi connectivity index (χ3n) is 2.23. The highest BCUT2D eigenvalue weighted by atomic mass is 79.9. The van der Waals surface area contributed by atoms with Gasteiger partial charge in [0.15, 0.2) is 0 Å². The summed E-state index contributed by atoms with van der Waals surface area (Å²) >= 11 is 3.59. The number of hydrogen-bond donors (Lipinski definition) is 0. The molecule has 0 N–H and O–H groups in total. The lowest BCUT2D eigenvalue weighted by molar-refractivity contribution is -0.00619. The molecule has 0 aliphatic heterocycles. The molecule has 1 fully saturated rings. The molecule has 0 amide bonds. The first-order valence-electron chi connectivity index (χ1n) is 3.96. The molecule has 0 aromatic rings. The van der Waals surface area contributed by atoms with Gasteiger partial charge in [-0.15, -0.1) is 0 Å². The van der Waals surface area contributed by atoms with E-state index in [4.69, 9.17) is 9.47 Å². The van der Waals surface area contributed by atoms with Crippen molar-refractivity contribution in [3.05, 3.63) is 0 Å². The van der Waals surface area contributed by atoms with Crippen molar-refractivity contribution >= 4 is 15.9 Å². The Morgan fingerprint density at radius 1 is 1.00 bits per heavy atom. The number of rotatable bonds is 2. The Bertz CT molecular complexity index is 107. The maximum absolute atomic E-state index is 5.28. The molecule has 66 valence electrons. The van der Waals surface area contributed by atoms with Crippen molar-refractivity contribution in [3.8, 4) is 0 Å². The number of hydrogen-bond acceptors (Lipinski definition) is 2. The van der Waals surface area contributed by atoms with E-state index in [1.807, 2.05) is 0 Å². The predicted molar refractivity (Wildman–Crippen MR) is 48.2 cm³/mol. The van der Waals surface area contributed by atoms with E-state index >= 15 is 0 Å². The first-order valence-corrected chi connectivity index (χ1v) is 4.87. The van der Waals surface area contributed by atoms with Gasteiger partial charge in [0.2, 0.25) is 0 Å². The van der Waals surface area contributed by atoms with Gasteiger partial charge in [-0.3, -0.25) is 0 Å². The van der Waals surface area contributed by atoms with Gasteiger partial charge in [0.25, 0.3) is 0 Å². The minimum absolute atomic E-state index is 0.373. The van der Waals surface area contributed by atoms with Gasteiger partial charge < -0.3 is 9.47 Å². The fourth-order valence-electron chi connectivity index (χ4n) is 1.54. The van der Waals surface area contributed by atoms with Crippen LogP contribution in [0.25, 0.3) is 0 Å². The molecular weight excluding hydrogens is 208 g/mol. The van der Waals surface area contributed by atoms with Crippen LogP contribution in [0.1, 0.15) is 19.3 Å². The summed E-state index contributed by atoms with van der Waals surface area (Å²) in [6.07, 6.45) is 4.00. The summed E-state index contributed by atoms with van der Waals surface area (Å²) in [5.41, 5.74) is 0. The third kappa shape index (κ3) is 2.73. The van der Waals surface area contributed by atoms with Crippen molar-refractivity contribution in [1.82, 2.24) is 0 Å². The van der Waals surface area contributed by atoms with Gasteiger partial charge in [-0.25, -0.2) is 0 Å². The lowest BCUT2D eigenvalue weighted by Gasteiger charge is -2.30. The van der Waals surface area contributed by atoms with Gasteiger partial charge in [-0.05, 0) is 19.3 Å². The molecule has 0 bridgehead atoms. The molecule has 0 spiro atoms. The van der Waals surface area contributed by atoms with Crippen molar-refractivity contribution in [3.63, 3.8) is 0 Å². The van der Waals surface area contributed by atoms with Crippen LogP contribution in [0.15, 0.2) is 0 Å². The first-order chi connectivity index (χ1) is 5.26. The summed E-state index contributed by atoms with van der Waals surface area (Å²) in [7, 11) is 3.53. The average Bonchev–Trinajstić information content (AvgIpc) is 2.03. The quantitative estimate of drug-likeness (QED) is 0.666. The Kier molecular flexibility index (Phi) is 3.82. The molecule has 1 saturated carbocycles. The number of ether oxygens (including phenoxy) is 2. The zero-order valence-electron chi connectivity index (χ0n) is 7.05. The van der Waals surface area contributed by atoms with E-state index in [1.54, 1.807) is 14.2 Å². The van der Waals surface area contributed by atoms with E-state index in [2.05, 4.69) is 15.9 Å². The summed E-state index contributed by atoms with van der Waals surface area (Å²) < 4.78 is 10.6. The summed E-state index contributed by atoms with van der Waals surface area (Å²) in [5, 5.41) is 0. The summed E-state index contributed by atoms with van der Waals surface area (Å²) in [4.78, 5) is 0.561. The van der Waals surface area contributed by atoms with E-state index in [9.17, 15) is 0 Å². The molecule has 11 heavy (non-hydrogen) atoms. The van der Waals surface area contributed by atoms with Crippen LogP contribution >= 0.6 is 15.9 Å². The standard InChI is InChI=1S/C8H15BrO2/c1-10-7-3-6(9)4-8(5-7)11-2/h6-8H,3-5H2,1-2H3/t6?,7-,8+. The summed E-state index contributed by atoms with van der Waals surface area (Å²) in [6.45, 7) is 0. The highest BCUT2D eigenvalue weighted by molar-refractivity contribution is 9.09. The highest BCUT2D eigenvalue weighted by Crippen LogP contribution is 2.27. The second kappa shape index (κ2) is 4.43. The molecule has 0 radical (unpaired) electrons. The van der Waals surface area contributed by atoms with Gasteiger partial charge >= 0.3 is 0 Å². The first kappa shape index (κ1) is 9.49. The van der Waals surface area contributed by atoms with Crippen LogP contribution in [-0.2, 0) is 9.47 Å². The van der Waals surface area contributed by atoms with Gasteiger partial charge in [0.1, 0.15) is 0 Å². The molecule has 0 aromatic carbocycles. The van der Waals surface area contributed by atoms with E-state index in [0.717, 1.165) is 19.3 Å². The SMILES string of the molecule is CO[C@@H]1CC(Br)C[C@H](OC)C1. The zero-order chi connectivity index (χ0) is 8.27. The van der Waals surface area contributed by atoms with E-state index in [-0.39, 0.29) is 0 Å². The normalized spacial score (nSPS) is 39.0. The largest absolute Gasteiger partial charge is 0.381 e. The Labute approximate surface area is 76.4 Å². The van der Waals surface area contributed by atoms with Crippen LogP contribution in [-0.4, -0.2) is 31.3 Å². The topological polar surface area (TPSA) is 18.5 Å². The summed E-state index contributed by atoms with van der Waals surface area (Å²) in [6, 6.07) is 0. The predicted octanol–water partition coefficient (Wildman–Crippen LogP) is 1.96. The van der Waals surface area contributed by atoms with Crippen LogP contribution in [0.5, 0.6) is 0 Å².